The Bertz CT molecular complexity index is 403. The van der Waals surface area contributed by atoms with Gasteiger partial charge in [-0.1, -0.05) is 32.1 Å². The number of amides is 2. The third-order valence-corrected chi connectivity index (χ3v) is 4.78. The highest BCUT2D eigenvalue weighted by Crippen LogP contribution is 2.27. The molecule has 2 rings (SSSR count). The fourth-order valence-corrected chi connectivity index (χ4v) is 3.43. The van der Waals surface area contributed by atoms with E-state index in [0.717, 1.165) is 12.3 Å². The summed E-state index contributed by atoms with van der Waals surface area (Å²) in [4.78, 5) is 28.0. The number of carbonyl (C=O) groups excluding carboxylic acids is 2. The summed E-state index contributed by atoms with van der Waals surface area (Å²) in [5.41, 5.74) is -0.468. The van der Waals surface area contributed by atoms with Gasteiger partial charge in [0.15, 0.2) is 0 Å². The van der Waals surface area contributed by atoms with Crippen molar-refractivity contribution < 1.29 is 14.3 Å². The third-order valence-electron chi connectivity index (χ3n) is 4.78. The van der Waals surface area contributed by atoms with E-state index in [0.29, 0.717) is 32.6 Å². The summed E-state index contributed by atoms with van der Waals surface area (Å²) in [5.74, 6) is 0.996. The van der Waals surface area contributed by atoms with E-state index in [4.69, 9.17) is 4.74 Å². The Balaban J connectivity index is 1.69. The second-order valence-electron chi connectivity index (χ2n) is 7.89. The molecule has 2 aliphatic rings. The van der Waals surface area contributed by atoms with Crippen molar-refractivity contribution in [2.45, 2.75) is 71.3 Å². The molecule has 0 spiro atoms. The molecule has 5 nitrogen and oxygen atoms in total. The molecule has 132 valence electrons. The molecule has 0 bridgehead atoms. The van der Waals surface area contributed by atoms with Gasteiger partial charge in [-0.25, -0.2) is 4.79 Å². The molecule has 1 aliphatic carbocycles. The Morgan fingerprint density at radius 3 is 2.09 bits per heavy atom. The number of rotatable bonds is 3. The summed E-state index contributed by atoms with van der Waals surface area (Å²) in [6.45, 7) is 8.02. The molecule has 23 heavy (non-hydrogen) atoms. The van der Waals surface area contributed by atoms with Crippen LogP contribution in [0.2, 0.25) is 0 Å². The van der Waals surface area contributed by atoms with Crippen LogP contribution in [0.5, 0.6) is 0 Å². The van der Waals surface area contributed by atoms with Crippen molar-refractivity contribution in [3.63, 3.8) is 0 Å². The number of ether oxygens (including phenoxy) is 1. The smallest absolute Gasteiger partial charge is 0.410 e. The van der Waals surface area contributed by atoms with Gasteiger partial charge in [0.2, 0.25) is 5.91 Å². The van der Waals surface area contributed by atoms with Gasteiger partial charge >= 0.3 is 6.09 Å². The average molecular weight is 324 g/mol. The van der Waals surface area contributed by atoms with Gasteiger partial charge in [0, 0.05) is 32.6 Å². The highest BCUT2D eigenvalue weighted by molar-refractivity contribution is 5.76. The monoisotopic (exact) mass is 324 g/mol. The van der Waals surface area contributed by atoms with Gasteiger partial charge in [-0.15, -0.1) is 0 Å². The largest absolute Gasteiger partial charge is 0.444 e. The van der Waals surface area contributed by atoms with Crippen molar-refractivity contribution in [2.24, 2.45) is 5.92 Å². The van der Waals surface area contributed by atoms with Gasteiger partial charge in [0.05, 0.1) is 0 Å². The minimum Gasteiger partial charge on any atom is -0.444 e. The van der Waals surface area contributed by atoms with Crippen LogP contribution in [0.4, 0.5) is 4.79 Å². The molecule has 1 saturated carbocycles. The quantitative estimate of drug-likeness (QED) is 0.799. The Hall–Kier alpha value is -1.26. The summed E-state index contributed by atoms with van der Waals surface area (Å²) < 4.78 is 5.38. The maximum absolute atomic E-state index is 12.3. The average Bonchev–Trinajstić information content (AvgIpc) is 2.52. The van der Waals surface area contributed by atoms with Gasteiger partial charge in [0.1, 0.15) is 5.60 Å². The lowest BCUT2D eigenvalue weighted by atomic mass is 9.86. The molecule has 1 aliphatic heterocycles. The van der Waals surface area contributed by atoms with Gasteiger partial charge < -0.3 is 14.5 Å². The summed E-state index contributed by atoms with van der Waals surface area (Å²) in [5, 5.41) is 0. The first kappa shape index (κ1) is 18.1. The maximum Gasteiger partial charge on any atom is 0.410 e. The van der Waals surface area contributed by atoms with Gasteiger partial charge in [-0.3, -0.25) is 4.79 Å². The zero-order valence-electron chi connectivity index (χ0n) is 15.0. The number of hydrogen-bond donors (Lipinski definition) is 0. The molecule has 0 atom stereocenters. The molecular formula is C18H32N2O3. The van der Waals surface area contributed by atoms with Crippen LogP contribution in [-0.2, 0) is 9.53 Å². The Kier molecular flexibility index (Phi) is 6.31. The number of nitrogens with zero attached hydrogens (tertiary/aromatic N) is 2. The molecule has 0 aromatic rings. The van der Waals surface area contributed by atoms with Crippen LogP contribution in [-0.4, -0.2) is 53.6 Å². The SMILES string of the molecule is CC(C)(C)OC(=O)N1CCN(C(=O)CCC2CCCCC2)CC1. The fourth-order valence-electron chi connectivity index (χ4n) is 3.43. The predicted molar refractivity (Wildman–Crippen MR) is 90.2 cm³/mol. The predicted octanol–water partition coefficient (Wildman–Crippen LogP) is 3.43. The normalized spacial score (nSPS) is 20.5. The van der Waals surface area contributed by atoms with E-state index >= 15 is 0 Å². The molecule has 1 saturated heterocycles. The maximum atomic E-state index is 12.3. The first-order valence-electron chi connectivity index (χ1n) is 9.11. The van der Waals surface area contributed by atoms with E-state index in [1.807, 2.05) is 25.7 Å². The molecule has 0 radical (unpaired) electrons. The van der Waals surface area contributed by atoms with Crippen LogP contribution in [0, 0.1) is 5.92 Å². The molecule has 5 heteroatoms. The first-order chi connectivity index (χ1) is 10.8. The molecule has 0 unspecified atom stereocenters. The molecule has 1 heterocycles. The van der Waals surface area contributed by atoms with Crippen LogP contribution in [0.15, 0.2) is 0 Å². The van der Waals surface area contributed by atoms with E-state index in [2.05, 4.69) is 0 Å². The van der Waals surface area contributed by atoms with E-state index < -0.39 is 5.60 Å². The van der Waals surface area contributed by atoms with Crippen molar-refractivity contribution in [2.75, 3.05) is 26.2 Å². The first-order valence-corrected chi connectivity index (χ1v) is 9.11. The second kappa shape index (κ2) is 8.02. The molecule has 0 N–H and O–H groups in total. The molecule has 0 aromatic carbocycles. The highest BCUT2D eigenvalue weighted by atomic mass is 16.6. The minimum atomic E-state index is -0.468. The van der Waals surface area contributed by atoms with Crippen molar-refractivity contribution >= 4 is 12.0 Å². The van der Waals surface area contributed by atoms with E-state index in [-0.39, 0.29) is 12.0 Å². The van der Waals surface area contributed by atoms with Gasteiger partial charge in [-0.2, -0.15) is 0 Å². The fraction of sp³-hybridized carbons (Fsp3) is 0.889. The Morgan fingerprint density at radius 1 is 0.957 bits per heavy atom. The molecule has 0 aromatic heterocycles. The minimum absolute atomic E-state index is 0.249. The second-order valence-corrected chi connectivity index (χ2v) is 7.89. The highest BCUT2D eigenvalue weighted by Gasteiger charge is 2.27. The van der Waals surface area contributed by atoms with Crippen molar-refractivity contribution in [3.8, 4) is 0 Å². The zero-order valence-corrected chi connectivity index (χ0v) is 15.0. The van der Waals surface area contributed by atoms with E-state index in [9.17, 15) is 9.59 Å². The van der Waals surface area contributed by atoms with Gasteiger partial charge in [-0.05, 0) is 33.1 Å². The Morgan fingerprint density at radius 2 is 1.52 bits per heavy atom. The lowest BCUT2D eigenvalue weighted by molar-refractivity contribution is -0.133. The van der Waals surface area contributed by atoms with Crippen molar-refractivity contribution in [1.29, 1.82) is 0 Å². The number of piperazine rings is 1. The standard InChI is InChI=1S/C18H32N2O3/c1-18(2,3)23-17(22)20-13-11-19(12-14-20)16(21)10-9-15-7-5-4-6-8-15/h15H,4-14H2,1-3H3. The van der Waals surface area contributed by atoms with Crippen LogP contribution >= 0.6 is 0 Å². The summed E-state index contributed by atoms with van der Waals surface area (Å²) >= 11 is 0. The summed E-state index contributed by atoms with van der Waals surface area (Å²) in [6.07, 6.45) is 8.02. The van der Waals surface area contributed by atoms with Crippen LogP contribution in [0.25, 0.3) is 0 Å². The summed E-state index contributed by atoms with van der Waals surface area (Å²) in [7, 11) is 0. The lowest BCUT2D eigenvalue weighted by Gasteiger charge is -2.36. The van der Waals surface area contributed by atoms with E-state index in [1.165, 1.54) is 32.1 Å². The molecular weight excluding hydrogens is 292 g/mol. The summed E-state index contributed by atoms with van der Waals surface area (Å²) in [6, 6.07) is 0. The van der Waals surface area contributed by atoms with Crippen LogP contribution in [0.3, 0.4) is 0 Å². The topological polar surface area (TPSA) is 49.9 Å². The third kappa shape index (κ3) is 6.04. The number of carbonyl (C=O) groups is 2. The Labute approximate surface area is 140 Å². The molecule has 2 fully saturated rings. The zero-order chi connectivity index (χ0) is 16.9. The number of hydrogen-bond acceptors (Lipinski definition) is 3. The van der Waals surface area contributed by atoms with Gasteiger partial charge in [0.25, 0.3) is 0 Å². The van der Waals surface area contributed by atoms with Crippen LogP contribution < -0.4 is 0 Å². The van der Waals surface area contributed by atoms with Crippen molar-refractivity contribution in [3.05, 3.63) is 0 Å². The van der Waals surface area contributed by atoms with Crippen LogP contribution in [0.1, 0.15) is 65.7 Å². The lowest BCUT2D eigenvalue weighted by Crippen LogP contribution is -2.51. The molecule has 2 amide bonds. The van der Waals surface area contributed by atoms with Crippen molar-refractivity contribution in [1.82, 2.24) is 9.80 Å². The van der Waals surface area contributed by atoms with E-state index in [1.54, 1.807) is 4.90 Å².